The van der Waals surface area contributed by atoms with E-state index in [1.54, 1.807) is 11.8 Å². The summed E-state index contributed by atoms with van der Waals surface area (Å²) in [6.07, 6.45) is 1.21. The van der Waals surface area contributed by atoms with Crippen molar-refractivity contribution < 1.29 is 9.59 Å². The smallest absolute Gasteiger partial charge is 0.226 e. The number of aromatic nitrogens is 1. The zero-order chi connectivity index (χ0) is 19.1. The molecule has 4 nitrogen and oxygen atoms in total. The molecule has 1 aromatic heterocycles. The first kappa shape index (κ1) is 19.3. The number of thioether (sulfide) groups is 1. The third-order valence-corrected chi connectivity index (χ3v) is 5.97. The minimum atomic E-state index is -0.0767. The van der Waals surface area contributed by atoms with Crippen molar-refractivity contribution >= 4 is 39.9 Å². The molecule has 3 aromatic rings. The molecule has 27 heavy (non-hydrogen) atoms. The van der Waals surface area contributed by atoms with Crippen molar-refractivity contribution in [3.05, 3.63) is 65.5 Å². The van der Waals surface area contributed by atoms with Crippen molar-refractivity contribution in [2.45, 2.75) is 24.7 Å². The molecule has 1 heterocycles. The maximum Gasteiger partial charge on any atom is 0.226 e. The average molecular weight is 397 g/mol. The molecular formula is C21H20N2O2S2. The fourth-order valence-corrected chi connectivity index (χ4v) is 4.30. The van der Waals surface area contributed by atoms with Gasteiger partial charge in [0.05, 0.1) is 10.6 Å². The van der Waals surface area contributed by atoms with E-state index in [-0.39, 0.29) is 11.7 Å². The van der Waals surface area contributed by atoms with Crippen LogP contribution in [0.4, 0.5) is 5.13 Å². The first-order valence-corrected chi connectivity index (χ1v) is 10.5. The van der Waals surface area contributed by atoms with Crippen LogP contribution in [-0.2, 0) is 4.79 Å². The fraction of sp³-hybridized carbons (Fsp3) is 0.190. The number of carbonyl (C=O) groups excluding carboxylic acids is 2. The van der Waals surface area contributed by atoms with E-state index in [4.69, 9.17) is 0 Å². The molecule has 6 heteroatoms. The van der Waals surface area contributed by atoms with Crippen molar-refractivity contribution in [2.75, 3.05) is 11.1 Å². The van der Waals surface area contributed by atoms with Crippen molar-refractivity contribution in [1.29, 1.82) is 0 Å². The summed E-state index contributed by atoms with van der Waals surface area (Å²) in [5.74, 6) is 0.752. The van der Waals surface area contributed by atoms with Crippen LogP contribution < -0.4 is 5.32 Å². The summed E-state index contributed by atoms with van der Waals surface area (Å²) in [6, 6.07) is 19.7. The lowest BCUT2D eigenvalue weighted by Crippen LogP contribution is -2.11. The number of hydrogen-bond donors (Lipinski definition) is 1. The number of rotatable bonds is 8. The van der Waals surface area contributed by atoms with E-state index in [2.05, 4.69) is 22.4 Å². The van der Waals surface area contributed by atoms with E-state index in [0.717, 1.165) is 17.7 Å². The number of thiazole rings is 1. The molecule has 138 valence electrons. The summed E-state index contributed by atoms with van der Waals surface area (Å²) in [7, 11) is 0. The van der Waals surface area contributed by atoms with Gasteiger partial charge < -0.3 is 5.32 Å². The van der Waals surface area contributed by atoms with Crippen molar-refractivity contribution in [3.63, 3.8) is 0 Å². The monoisotopic (exact) mass is 396 g/mol. The second kappa shape index (κ2) is 9.48. The maximum absolute atomic E-state index is 12.2. The Hall–Kier alpha value is -2.44. The Kier molecular flexibility index (Phi) is 6.79. The summed E-state index contributed by atoms with van der Waals surface area (Å²) in [4.78, 5) is 30.4. The molecule has 0 aliphatic rings. The SMILES string of the molecule is CC(=O)c1sc(NC(=O)CCCSc2ccccc2)nc1-c1ccccc1. The van der Waals surface area contributed by atoms with Gasteiger partial charge in [0.25, 0.3) is 0 Å². The van der Waals surface area contributed by atoms with Gasteiger partial charge in [0.15, 0.2) is 10.9 Å². The van der Waals surface area contributed by atoms with Gasteiger partial charge in [-0.15, -0.1) is 11.8 Å². The highest BCUT2D eigenvalue weighted by atomic mass is 32.2. The largest absolute Gasteiger partial charge is 0.302 e. The highest BCUT2D eigenvalue weighted by Crippen LogP contribution is 2.31. The molecule has 0 bridgehead atoms. The molecule has 0 saturated heterocycles. The van der Waals surface area contributed by atoms with Gasteiger partial charge in [0.2, 0.25) is 5.91 Å². The number of ketones is 1. The third kappa shape index (κ3) is 5.52. The minimum Gasteiger partial charge on any atom is -0.302 e. The number of amides is 1. The normalized spacial score (nSPS) is 10.6. The summed E-state index contributed by atoms with van der Waals surface area (Å²) >= 11 is 2.97. The van der Waals surface area contributed by atoms with Crippen LogP contribution >= 0.6 is 23.1 Å². The van der Waals surface area contributed by atoms with Crippen LogP contribution in [-0.4, -0.2) is 22.4 Å². The third-order valence-electron chi connectivity index (χ3n) is 3.80. The van der Waals surface area contributed by atoms with Crippen LogP contribution in [0.3, 0.4) is 0 Å². The first-order chi connectivity index (χ1) is 13.1. The number of anilines is 1. The predicted molar refractivity (Wildman–Crippen MR) is 113 cm³/mol. The van der Waals surface area contributed by atoms with E-state index in [1.165, 1.54) is 23.2 Å². The Morgan fingerprint density at radius 1 is 1.04 bits per heavy atom. The van der Waals surface area contributed by atoms with E-state index in [0.29, 0.717) is 22.1 Å². The number of nitrogens with zero attached hydrogens (tertiary/aromatic N) is 1. The van der Waals surface area contributed by atoms with Crippen molar-refractivity contribution in [2.24, 2.45) is 0 Å². The fourth-order valence-electron chi connectivity index (χ4n) is 2.53. The van der Waals surface area contributed by atoms with Crippen LogP contribution in [0.5, 0.6) is 0 Å². The van der Waals surface area contributed by atoms with Gasteiger partial charge >= 0.3 is 0 Å². The Balaban J connectivity index is 1.57. The molecular weight excluding hydrogens is 376 g/mol. The Morgan fingerprint density at radius 3 is 2.37 bits per heavy atom. The topological polar surface area (TPSA) is 59.1 Å². The van der Waals surface area contributed by atoms with Crippen LogP contribution in [0.25, 0.3) is 11.3 Å². The lowest BCUT2D eigenvalue weighted by atomic mass is 10.1. The summed E-state index contributed by atoms with van der Waals surface area (Å²) in [6.45, 7) is 1.52. The maximum atomic E-state index is 12.2. The van der Waals surface area contributed by atoms with Gasteiger partial charge in [-0.1, -0.05) is 59.9 Å². The number of Topliss-reactive ketones (excluding diaryl/α,β-unsaturated/α-hetero) is 1. The second-order valence-corrected chi connectivity index (χ2v) is 8.10. The van der Waals surface area contributed by atoms with Gasteiger partial charge in [-0.05, 0) is 24.3 Å². The lowest BCUT2D eigenvalue weighted by Gasteiger charge is -2.02. The highest BCUT2D eigenvalue weighted by Gasteiger charge is 2.17. The molecule has 2 aromatic carbocycles. The average Bonchev–Trinajstić information content (AvgIpc) is 3.11. The number of benzene rings is 2. The van der Waals surface area contributed by atoms with Gasteiger partial charge in [-0.25, -0.2) is 4.98 Å². The van der Waals surface area contributed by atoms with Crippen molar-refractivity contribution in [3.8, 4) is 11.3 Å². The molecule has 0 radical (unpaired) electrons. The molecule has 1 N–H and O–H groups in total. The quantitative estimate of drug-likeness (QED) is 0.309. The first-order valence-electron chi connectivity index (χ1n) is 8.68. The van der Waals surface area contributed by atoms with Gasteiger partial charge in [-0.2, -0.15) is 0 Å². The molecule has 0 atom stereocenters. The van der Waals surface area contributed by atoms with Gasteiger partial charge in [0.1, 0.15) is 0 Å². The Bertz CT molecular complexity index is 908. The zero-order valence-corrected chi connectivity index (χ0v) is 16.6. The standard InChI is InChI=1S/C21H20N2O2S2/c1-15(24)20-19(16-9-4-2-5-10-16)23-21(27-20)22-18(25)13-8-14-26-17-11-6-3-7-12-17/h2-7,9-12H,8,13-14H2,1H3,(H,22,23,25). The molecule has 3 rings (SSSR count). The Morgan fingerprint density at radius 2 is 1.70 bits per heavy atom. The zero-order valence-electron chi connectivity index (χ0n) is 15.0. The molecule has 0 fully saturated rings. The van der Waals surface area contributed by atoms with Gasteiger partial charge in [-0.3, -0.25) is 9.59 Å². The number of hydrogen-bond acceptors (Lipinski definition) is 5. The summed E-state index contributed by atoms with van der Waals surface area (Å²) in [5.41, 5.74) is 1.50. The molecule has 1 amide bonds. The Labute approximate surface area is 167 Å². The van der Waals surface area contributed by atoms with Crippen molar-refractivity contribution in [1.82, 2.24) is 4.98 Å². The summed E-state index contributed by atoms with van der Waals surface area (Å²) < 4.78 is 0. The molecule has 0 saturated carbocycles. The summed E-state index contributed by atoms with van der Waals surface area (Å²) in [5, 5.41) is 3.31. The minimum absolute atomic E-state index is 0.0499. The molecule has 0 spiro atoms. The molecule has 0 aliphatic heterocycles. The predicted octanol–water partition coefficient (Wildman–Crippen LogP) is 5.52. The van der Waals surface area contributed by atoms with Crippen LogP contribution in [0.2, 0.25) is 0 Å². The van der Waals surface area contributed by atoms with E-state index < -0.39 is 0 Å². The van der Waals surface area contributed by atoms with Crippen LogP contribution in [0.15, 0.2) is 65.6 Å². The second-order valence-electron chi connectivity index (χ2n) is 5.93. The van der Waals surface area contributed by atoms with E-state index in [1.807, 2.05) is 48.5 Å². The van der Waals surface area contributed by atoms with Crippen LogP contribution in [0, 0.1) is 0 Å². The number of carbonyl (C=O) groups is 2. The van der Waals surface area contributed by atoms with E-state index >= 15 is 0 Å². The lowest BCUT2D eigenvalue weighted by molar-refractivity contribution is -0.116. The van der Waals surface area contributed by atoms with Gasteiger partial charge in [0, 0.05) is 23.8 Å². The number of nitrogens with one attached hydrogen (secondary N) is 1. The molecule has 0 aliphatic carbocycles. The van der Waals surface area contributed by atoms with Crippen LogP contribution in [0.1, 0.15) is 29.4 Å². The highest BCUT2D eigenvalue weighted by molar-refractivity contribution is 7.99. The molecule has 0 unspecified atom stereocenters. The van der Waals surface area contributed by atoms with E-state index in [9.17, 15) is 9.59 Å².